The van der Waals surface area contributed by atoms with Gasteiger partial charge in [0.25, 0.3) is 0 Å². The maximum absolute atomic E-state index is 10.4. The molecule has 0 aromatic rings. The molecule has 0 saturated heterocycles. The van der Waals surface area contributed by atoms with E-state index in [0.717, 1.165) is 37.8 Å². The highest BCUT2D eigenvalue weighted by Crippen LogP contribution is 2.29. The first-order valence-corrected chi connectivity index (χ1v) is 7.61. The minimum atomic E-state index is -0.390. The van der Waals surface area contributed by atoms with E-state index < -0.39 is 5.60 Å². The number of hydrogen-bond acceptors (Lipinski definition) is 2. The van der Waals surface area contributed by atoms with Crippen LogP contribution in [0.5, 0.6) is 0 Å². The van der Waals surface area contributed by atoms with Crippen molar-refractivity contribution in [2.24, 2.45) is 11.8 Å². The fourth-order valence-corrected chi connectivity index (χ4v) is 3.64. The van der Waals surface area contributed by atoms with E-state index in [1.165, 1.54) is 44.9 Å². The first kappa shape index (κ1) is 13.4. The standard InChI is InChI=1S/C15H29NO/c1-13-6-5-7-14(10-13)11-16-12-15(17)8-3-2-4-9-15/h13-14,16-17H,2-12H2,1H3. The van der Waals surface area contributed by atoms with Gasteiger partial charge in [-0.2, -0.15) is 0 Å². The van der Waals surface area contributed by atoms with Crippen LogP contribution >= 0.6 is 0 Å². The molecule has 2 unspecified atom stereocenters. The average molecular weight is 239 g/mol. The zero-order valence-corrected chi connectivity index (χ0v) is 11.4. The van der Waals surface area contributed by atoms with Crippen molar-refractivity contribution >= 4 is 0 Å². The second-order valence-corrected chi connectivity index (χ2v) is 6.55. The molecule has 17 heavy (non-hydrogen) atoms. The van der Waals surface area contributed by atoms with Gasteiger partial charge in [0.15, 0.2) is 0 Å². The lowest BCUT2D eigenvalue weighted by atomic mass is 9.82. The summed E-state index contributed by atoms with van der Waals surface area (Å²) in [6, 6.07) is 0. The van der Waals surface area contributed by atoms with Gasteiger partial charge >= 0.3 is 0 Å². The van der Waals surface area contributed by atoms with Gasteiger partial charge in [-0.25, -0.2) is 0 Å². The van der Waals surface area contributed by atoms with E-state index in [-0.39, 0.29) is 0 Å². The van der Waals surface area contributed by atoms with Crippen molar-refractivity contribution in [1.29, 1.82) is 0 Å². The molecule has 2 heteroatoms. The molecule has 0 aliphatic heterocycles. The molecule has 100 valence electrons. The van der Waals surface area contributed by atoms with Gasteiger partial charge in [-0.3, -0.25) is 0 Å². The molecule has 2 rings (SSSR count). The third-order valence-corrected chi connectivity index (χ3v) is 4.72. The van der Waals surface area contributed by atoms with Crippen LogP contribution in [-0.4, -0.2) is 23.8 Å². The summed E-state index contributed by atoms with van der Waals surface area (Å²) in [6.45, 7) is 4.31. The lowest BCUT2D eigenvalue weighted by molar-refractivity contribution is 0.00387. The van der Waals surface area contributed by atoms with Gasteiger partial charge in [0.1, 0.15) is 0 Å². The molecule has 2 atom stereocenters. The van der Waals surface area contributed by atoms with Gasteiger partial charge in [0, 0.05) is 6.54 Å². The Balaban J connectivity index is 1.64. The van der Waals surface area contributed by atoms with E-state index in [1.54, 1.807) is 0 Å². The Hall–Kier alpha value is -0.0800. The quantitative estimate of drug-likeness (QED) is 0.790. The number of rotatable bonds is 4. The highest BCUT2D eigenvalue weighted by molar-refractivity contribution is 4.85. The number of nitrogens with one attached hydrogen (secondary N) is 1. The Morgan fingerprint density at radius 2 is 1.88 bits per heavy atom. The third kappa shape index (κ3) is 4.26. The molecule has 0 amide bonds. The molecular formula is C15H29NO. The van der Waals surface area contributed by atoms with Crippen molar-refractivity contribution < 1.29 is 5.11 Å². The largest absolute Gasteiger partial charge is 0.389 e. The summed E-state index contributed by atoms with van der Waals surface area (Å²) in [5.41, 5.74) is -0.390. The summed E-state index contributed by atoms with van der Waals surface area (Å²) in [7, 11) is 0. The maximum atomic E-state index is 10.4. The molecule has 0 heterocycles. The predicted molar refractivity (Wildman–Crippen MR) is 72.0 cm³/mol. The van der Waals surface area contributed by atoms with E-state index in [9.17, 15) is 5.11 Å². The predicted octanol–water partition coefficient (Wildman–Crippen LogP) is 3.10. The van der Waals surface area contributed by atoms with E-state index in [0.29, 0.717) is 0 Å². The zero-order valence-electron chi connectivity index (χ0n) is 11.4. The lowest BCUT2D eigenvalue weighted by Gasteiger charge is -2.33. The van der Waals surface area contributed by atoms with E-state index in [4.69, 9.17) is 0 Å². The summed E-state index contributed by atoms with van der Waals surface area (Å²) in [4.78, 5) is 0. The SMILES string of the molecule is CC1CCCC(CNCC2(O)CCCCC2)C1. The summed E-state index contributed by atoms with van der Waals surface area (Å²) >= 11 is 0. The minimum Gasteiger partial charge on any atom is -0.389 e. The number of aliphatic hydroxyl groups is 1. The second-order valence-electron chi connectivity index (χ2n) is 6.55. The van der Waals surface area contributed by atoms with Crippen LogP contribution in [0.2, 0.25) is 0 Å². The van der Waals surface area contributed by atoms with Crippen LogP contribution in [0.4, 0.5) is 0 Å². The maximum Gasteiger partial charge on any atom is 0.0771 e. The fourth-order valence-electron chi connectivity index (χ4n) is 3.64. The van der Waals surface area contributed by atoms with Gasteiger partial charge in [-0.15, -0.1) is 0 Å². The monoisotopic (exact) mass is 239 g/mol. The van der Waals surface area contributed by atoms with Crippen LogP contribution < -0.4 is 5.32 Å². The Bertz CT molecular complexity index is 223. The van der Waals surface area contributed by atoms with E-state index in [2.05, 4.69) is 12.2 Å². The van der Waals surface area contributed by atoms with Gasteiger partial charge in [0.2, 0.25) is 0 Å². The molecule has 2 nitrogen and oxygen atoms in total. The normalized spacial score (nSPS) is 33.5. The first-order chi connectivity index (χ1) is 8.18. The van der Waals surface area contributed by atoms with Crippen LogP contribution in [0, 0.1) is 11.8 Å². The summed E-state index contributed by atoms with van der Waals surface area (Å²) < 4.78 is 0. The second kappa shape index (κ2) is 6.19. The summed E-state index contributed by atoms with van der Waals surface area (Å²) in [5.74, 6) is 1.76. The molecule has 0 radical (unpaired) electrons. The van der Waals surface area contributed by atoms with Crippen molar-refractivity contribution in [3.05, 3.63) is 0 Å². The molecule has 2 N–H and O–H groups in total. The van der Waals surface area contributed by atoms with Gasteiger partial charge in [0.05, 0.1) is 5.60 Å². The van der Waals surface area contributed by atoms with Crippen molar-refractivity contribution in [2.75, 3.05) is 13.1 Å². The molecule has 2 saturated carbocycles. The third-order valence-electron chi connectivity index (χ3n) is 4.72. The van der Waals surface area contributed by atoms with Gasteiger partial charge in [-0.05, 0) is 44.1 Å². The van der Waals surface area contributed by atoms with Crippen molar-refractivity contribution in [3.8, 4) is 0 Å². The van der Waals surface area contributed by atoms with Crippen LogP contribution in [0.1, 0.15) is 64.7 Å². The van der Waals surface area contributed by atoms with Gasteiger partial charge in [-0.1, -0.05) is 39.0 Å². The fraction of sp³-hybridized carbons (Fsp3) is 1.00. The first-order valence-electron chi connectivity index (χ1n) is 7.61. The Kier molecular flexibility index (Phi) is 4.87. The molecule has 0 spiro atoms. The van der Waals surface area contributed by atoms with E-state index >= 15 is 0 Å². The minimum absolute atomic E-state index is 0.390. The van der Waals surface area contributed by atoms with Crippen LogP contribution in [0.25, 0.3) is 0 Å². The smallest absolute Gasteiger partial charge is 0.0771 e. The van der Waals surface area contributed by atoms with Crippen molar-refractivity contribution in [2.45, 2.75) is 70.3 Å². The van der Waals surface area contributed by atoms with Crippen molar-refractivity contribution in [3.63, 3.8) is 0 Å². The molecule has 0 aromatic heterocycles. The zero-order chi connectivity index (χ0) is 12.1. The van der Waals surface area contributed by atoms with Crippen molar-refractivity contribution in [1.82, 2.24) is 5.32 Å². The van der Waals surface area contributed by atoms with Crippen LogP contribution in [0.3, 0.4) is 0 Å². The van der Waals surface area contributed by atoms with Crippen LogP contribution in [-0.2, 0) is 0 Å². The van der Waals surface area contributed by atoms with E-state index in [1.807, 2.05) is 0 Å². The summed E-state index contributed by atoms with van der Waals surface area (Å²) in [5, 5.41) is 13.9. The molecule has 2 aliphatic rings. The topological polar surface area (TPSA) is 32.3 Å². The Labute approximate surface area is 106 Å². The van der Waals surface area contributed by atoms with Gasteiger partial charge < -0.3 is 10.4 Å². The average Bonchev–Trinajstić information content (AvgIpc) is 2.30. The highest BCUT2D eigenvalue weighted by atomic mass is 16.3. The molecule has 0 aromatic carbocycles. The highest BCUT2D eigenvalue weighted by Gasteiger charge is 2.29. The molecule has 2 aliphatic carbocycles. The molecule has 0 bridgehead atoms. The number of hydrogen-bond donors (Lipinski definition) is 2. The van der Waals surface area contributed by atoms with Crippen LogP contribution in [0.15, 0.2) is 0 Å². The summed E-state index contributed by atoms with van der Waals surface area (Å²) in [6.07, 6.45) is 11.3. The lowest BCUT2D eigenvalue weighted by Crippen LogP contribution is -2.43. The molecule has 2 fully saturated rings. The Morgan fingerprint density at radius 1 is 1.12 bits per heavy atom. The Morgan fingerprint density at radius 3 is 2.59 bits per heavy atom. The molecular weight excluding hydrogens is 210 g/mol.